The van der Waals surface area contributed by atoms with Gasteiger partial charge in [-0.05, 0) is 49.7 Å². The van der Waals surface area contributed by atoms with Crippen LogP contribution in [-0.2, 0) is 15.7 Å². The van der Waals surface area contributed by atoms with Crippen LogP contribution in [-0.4, -0.2) is 24.3 Å². The fourth-order valence-electron chi connectivity index (χ4n) is 3.85. The number of aromatic nitrogens is 1. The molecule has 11 heteroatoms. The third-order valence-electron chi connectivity index (χ3n) is 5.49. The topological polar surface area (TPSA) is 81.9 Å². The van der Waals surface area contributed by atoms with Crippen LogP contribution < -0.4 is 24.9 Å². The molecule has 1 atom stereocenters. The molecule has 0 saturated carbocycles. The highest BCUT2D eigenvalue weighted by Gasteiger charge is 2.33. The Morgan fingerprint density at radius 3 is 2.67 bits per heavy atom. The smallest absolute Gasteiger partial charge is 0.416 e. The van der Waals surface area contributed by atoms with Crippen LogP contribution in [0.25, 0.3) is 6.20 Å². The minimum absolute atomic E-state index is 0.145. The summed E-state index contributed by atoms with van der Waals surface area (Å²) in [6.45, 7) is 3.49. The van der Waals surface area contributed by atoms with E-state index in [1.54, 1.807) is 38.1 Å². The van der Waals surface area contributed by atoms with Crippen molar-refractivity contribution < 1.29 is 27.4 Å². The molecule has 1 aliphatic rings. The second-order valence-electron chi connectivity index (χ2n) is 7.80. The first kappa shape index (κ1) is 25.2. The Hall–Kier alpha value is -3.86. The monoisotopic (exact) mass is 517 g/mol. The Balaban J connectivity index is 1.84. The van der Waals surface area contributed by atoms with E-state index in [1.165, 1.54) is 30.0 Å². The summed E-state index contributed by atoms with van der Waals surface area (Å²) in [4.78, 5) is 31.2. The fraction of sp³-hybridized carbons (Fsp3) is 0.240. The van der Waals surface area contributed by atoms with Gasteiger partial charge in [-0.2, -0.15) is 13.2 Å². The van der Waals surface area contributed by atoms with Crippen LogP contribution in [0, 0.1) is 0 Å². The Morgan fingerprint density at radius 1 is 1.22 bits per heavy atom. The molecule has 0 unspecified atom stereocenters. The number of carbonyl (C=O) groups excluding carboxylic acids is 1. The molecule has 0 spiro atoms. The number of alkyl halides is 3. The van der Waals surface area contributed by atoms with Crippen molar-refractivity contribution in [3.05, 3.63) is 90.6 Å². The number of carbonyl (C=O) groups is 1. The number of allylic oxidation sites excluding steroid dienone is 1. The molecule has 1 aliphatic heterocycles. The van der Waals surface area contributed by atoms with Gasteiger partial charge in [-0.15, -0.1) is 0 Å². The number of benzene rings is 2. The Bertz CT molecular complexity index is 1520. The average molecular weight is 518 g/mol. The molecule has 0 bridgehead atoms. The zero-order valence-corrected chi connectivity index (χ0v) is 20.4. The lowest BCUT2D eigenvalue weighted by molar-refractivity contribution is -0.139. The molecule has 0 aliphatic carbocycles. The number of nitrogens with one attached hydrogen (secondary N) is 1. The van der Waals surface area contributed by atoms with Crippen molar-refractivity contribution in [3.8, 4) is 5.75 Å². The van der Waals surface area contributed by atoms with Crippen LogP contribution in [0.15, 0.2) is 69.6 Å². The number of hydrogen-bond donors (Lipinski definition) is 1. The molecule has 1 N–H and O–H groups in total. The number of halogens is 3. The lowest BCUT2D eigenvalue weighted by Gasteiger charge is -2.24. The molecule has 0 saturated heterocycles. The summed E-state index contributed by atoms with van der Waals surface area (Å²) in [6.07, 6.45) is -3.15. The van der Waals surface area contributed by atoms with Crippen LogP contribution in [0.2, 0.25) is 0 Å². The van der Waals surface area contributed by atoms with Crippen LogP contribution in [0.4, 0.5) is 18.9 Å². The van der Waals surface area contributed by atoms with Gasteiger partial charge in [-0.3, -0.25) is 9.36 Å². The standard InChI is InChI=1S/C25H22F3N3O4S/c1-4-35-23(33)20-14(2)30-24-31(21(20)15-7-5-10-18(11-15)34-3)22(32)19(36-24)13-29-17-9-6-8-16(12-17)25(26,27)28/h5-13,21,29H,4H2,1-3H3/b19-13-/t21-/m0/s1. The molecule has 0 radical (unpaired) electrons. The lowest BCUT2D eigenvalue weighted by Crippen LogP contribution is -2.40. The van der Waals surface area contributed by atoms with Crippen molar-refractivity contribution in [2.24, 2.45) is 4.99 Å². The molecular formula is C25H22F3N3O4S. The number of esters is 1. The first-order valence-corrected chi connectivity index (χ1v) is 11.7. The van der Waals surface area contributed by atoms with E-state index in [2.05, 4.69) is 10.3 Å². The fourth-order valence-corrected chi connectivity index (χ4v) is 4.82. The summed E-state index contributed by atoms with van der Waals surface area (Å²) in [5, 5.41) is 2.77. The highest BCUT2D eigenvalue weighted by atomic mass is 32.1. The van der Waals surface area contributed by atoms with Crippen LogP contribution in [0.5, 0.6) is 5.75 Å². The number of nitrogens with zero attached hydrogens (tertiary/aromatic N) is 2. The largest absolute Gasteiger partial charge is 0.497 e. The second-order valence-corrected chi connectivity index (χ2v) is 8.81. The minimum atomic E-state index is -4.49. The number of ether oxygens (including phenoxy) is 2. The number of hydrogen-bond acceptors (Lipinski definition) is 7. The zero-order chi connectivity index (χ0) is 26.0. The molecule has 0 fully saturated rings. The van der Waals surface area contributed by atoms with Gasteiger partial charge in [0, 0.05) is 11.9 Å². The second kappa shape index (κ2) is 10.0. The Morgan fingerprint density at radius 2 is 1.97 bits per heavy atom. The van der Waals surface area contributed by atoms with Gasteiger partial charge in [-0.1, -0.05) is 29.5 Å². The maximum atomic E-state index is 13.5. The maximum absolute atomic E-state index is 13.5. The lowest BCUT2D eigenvalue weighted by atomic mass is 9.95. The van der Waals surface area contributed by atoms with Gasteiger partial charge in [0.2, 0.25) is 0 Å². The highest BCUT2D eigenvalue weighted by Crippen LogP contribution is 2.32. The zero-order valence-electron chi connectivity index (χ0n) is 19.6. The summed E-state index contributed by atoms with van der Waals surface area (Å²) in [7, 11) is 1.51. The third kappa shape index (κ3) is 4.92. The van der Waals surface area contributed by atoms with Crippen molar-refractivity contribution in [2.45, 2.75) is 26.1 Å². The van der Waals surface area contributed by atoms with Gasteiger partial charge in [0.1, 0.15) is 10.3 Å². The van der Waals surface area contributed by atoms with Gasteiger partial charge >= 0.3 is 12.1 Å². The van der Waals surface area contributed by atoms with Gasteiger partial charge in [0.05, 0.1) is 36.6 Å². The van der Waals surface area contributed by atoms with E-state index < -0.39 is 29.3 Å². The molecular weight excluding hydrogens is 495 g/mol. The predicted molar refractivity (Wildman–Crippen MR) is 129 cm³/mol. The van der Waals surface area contributed by atoms with Gasteiger partial charge in [-0.25, -0.2) is 9.79 Å². The third-order valence-corrected chi connectivity index (χ3v) is 6.47. The summed E-state index contributed by atoms with van der Waals surface area (Å²) < 4.78 is 51.3. The molecule has 3 aromatic rings. The van der Waals surface area contributed by atoms with E-state index in [0.717, 1.165) is 23.5 Å². The summed E-state index contributed by atoms with van der Waals surface area (Å²) in [5.74, 6) is -0.0540. The van der Waals surface area contributed by atoms with Crippen molar-refractivity contribution in [2.75, 3.05) is 19.0 Å². The normalized spacial score (nSPS) is 15.8. The van der Waals surface area contributed by atoms with Gasteiger partial charge in [0.15, 0.2) is 4.80 Å². The first-order valence-electron chi connectivity index (χ1n) is 10.9. The Labute approximate surface area is 207 Å². The van der Waals surface area contributed by atoms with E-state index in [0.29, 0.717) is 21.8 Å². The van der Waals surface area contributed by atoms with Crippen LogP contribution in [0.3, 0.4) is 0 Å². The predicted octanol–water partition coefficient (Wildman–Crippen LogP) is 3.85. The Kier molecular flexibility index (Phi) is 7.02. The molecule has 2 aromatic carbocycles. The summed E-state index contributed by atoms with van der Waals surface area (Å²) >= 11 is 1.06. The first-order chi connectivity index (χ1) is 17.1. The van der Waals surface area contributed by atoms with Crippen molar-refractivity contribution in [1.82, 2.24) is 4.57 Å². The van der Waals surface area contributed by atoms with E-state index >= 15 is 0 Å². The molecule has 4 rings (SSSR count). The average Bonchev–Trinajstić information content (AvgIpc) is 3.16. The number of thiazole rings is 1. The van der Waals surface area contributed by atoms with Gasteiger partial charge in [0.25, 0.3) is 5.56 Å². The van der Waals surface area contributed by atoms with Crippen molar-refractivity contribution >= 4 is 29.2 Å². The SMILES string of the molecule is CCOC(=O)C1=C(C)N=c2s/c(=C\Nc3cccc(C(F)(F)F)c3)c(=O)n2[C@H]1c1cccc(OC)c1. The van der Waals surface area contributed by atoms with Crippen LogP contribution >= 0.6 is 11.3 Å². The minimum Gasteiger partial charge on any atom is -0.497 e. The van der Waals surface area contributed by atoms with E-state index in [1.807, 2.05) is 0 Å². The highest BCUT2D eigenvalue weighted by molar-refractivity contribution is 7.07. The van der Waals surface area contributed by atoms with E-state index in [-0.39, 0.29) is 22.4 Å². The summed E-state index contributed by atoms with van der Waals surface area (Å²) in [6, 6.07) is 10.8. The molecule has 36 heavy (non-hydrogen) atoms. The number of fused-ring (bicyclic) bond motifs is 1. The van der Waals surface area contributed by atoms with Crippen molar-refractivity contribution in [1.29, 1.82) is 0 Å². The number of rotatable bonds is 6. The maximum Gasteiger partial charge on any atom is 0.416 e. The van der Waals surface area contributed by atoms with Gasteiger partial charge < -0.3 is 14.8 Å². The molecule has 1 aromatic heterocycles. The van der Waals surface area contributed by atoms with E-state index in [4.69, 9.17) is 9.47 Å². The summed E-state index contributed by atoms with van der Waals surface area (Å²) in [5.41, 5.74) is 0.138. The van der Waals surface area contributed by atoms with Crippen molar-refractivity contribution in [3.63, 3.8) is 0 Å². The molecule has 2 heterocycles. The molecule has 0 amide bonds. The molecule has 188 valence electrons. The quantitative estimate of drug-likeness (QED) is 0.503. The van der Waals surface area contributed by atoms with E-state index in [9.17, 15) is 22.8 Å². The molecule has 7 nitrogen and oxygen atoms in total. The van der Waals surface area contributed by atoms with Crippen LogP contribution in [0.1, 0.15) is 31.0 Å². The number of methoxy groups -OCH3 is 1. The number of anilines is 1.